The first-order valence-corrected chi connectivity index (χ1v) is 16.1. The van der Waals surface area contributed by atoms with Gasteiger partial charge in [-0.1, -0.05) is 103 Å². The van der Waals surface area contributed by atoms with Crippen molar-refractivity contribution in [2.75, 3.05) is 0 Å². The van der Waals surface area contributed by atoms with Crippen LogP contribution in [0.15, 0.2) is 150 Å². The van der Waals surface area contributed by atoms with E-state index in [1.165, 1.54) is 5.56 Å². The quantitative estimate of drug-likeness (QED) is 0.198. The van der Waals surface area contributed by atoms with Gasteiger partial charge in [-0.25, -0.2) is 4.39 Å². The Morgan fingerprint density at radius 3 is 2.23 bits per heavy atom. The summed E-state index contributed by atoms with van der Waals surface area (Å²) in [5, 5.41) is 14.7. The molecule has 0 aliphatic heterocycles. The molecule has 10 rings (SSSR count). The van der Waals surface area contributed by atoms with Crippen LogP contribution in [0.25, 0.3) is 71.7 Å². The van der Waals surface area contributed by atoms with E-state index in [9.17, 15) is 9.65 Å². The molecule has 1 aliphatic rings. The normalized spacial score (nSPS) is 13.7. The van der Waals surface area contributed by atoms with Crippen LogP contribution in [0.5, 0.6) is 0 Å². The molecule has 0 fully saturated rings. The number of para-hydroxylation sites is 3. The zero-order valence-electron chi connectivity index (χ0n) is 25.6. The maximum Gasteiger partial charge on any atom is 0.145 e. The predicted molar refractivity (Wildman–Crippen MR) is 191 cm³/mol. The van der Waals surface area contributed by atoms with Crippen molar-refractivity contribution in [3.63, 3.8) is 0 Å². The molecule has 0 amide bonds. The van der Waals surface area contributed by atoms with Gasteiger partial charge in [-0.3, -0.25) is 0 Å². The fourth-order valence-corrected chi connectivity index (χ4v) is 7.97. The lowest BCUT2D eigenvalue weighted by Gasteiger charge is -2.18. The largest absolute Gasteiger partial charge is 0.455 e. The number of nitriles is 1. The molecule has 2 aromatic heterocycles. The number of nitrogens with zero attached hydrogens (tertiary/aromatic N) is 2. The van der Waals surface area contributed by atoms with Crippen molar-refractivity contribution in [3.05, 3.63) is 174 Å². The maximum atomic E-state index is 14.3. The monoisotopic (exact) mass is 616 g/mol. The average molecular weight is 617 g/mol. The van der Waals surface area contributed by atoms with Gasteiger partial charge in [0.05, 0.1) is 27.7 Å². The molecule has 1 unspecified atom stereocenters. The van der Waals surface area contributed by atoms with Gasteiger partial charge in [0.15, 0.2) is 0 Å². The third-order valence-electron chi connectivity index (χ3n) is 10.0. The molecule has 2 heterocycles. The highest BCUT2D eigenvalue weighted by Crippen LogP contribution is 2.49. The van der Waals surface area contributed by atoms with Gasteiger partial charge in [-0.2, -0.15) is 5.26 Å². The van der Waals surface area contributed by atoms with Gasteiger partial charge in [0.1, 0.15) is 23.1 Å². The fourth-order valence-electron chi connectivity index (χ4n) is 7.97. The Bertz CT molecular complexity index is 2810. The number of benzene rings is 7. The summed E-state index contributed by atoms with van der Waals surface area (Å²) in [6.07, 6.45) is 0. The van der Waals surface area contributed by atoms with E-state index in [0.717, 1.165) is 82.8 Å². The van der Waals surface area contributed by atoms with Crippen molar-refractivity contribution in [2.24, 2.45) is 0 Å². The Balaban J connectivity index is 1.18. The molecule has 0 saturated carbocycles. The lowest BCUT2D eigenvalue weighted by atomic mass is 9.88. The molecule has 9 aromatic rings. The molecule has 3 nitrogen and oxygen atoms in total. The Labute approximate surface area is 275 Å². The van der Waals surface area contributed by atoms with E-state index < -0.39 is 0 Å². The van der Waals surface area contributed by atoms with Crippen molar-refractivity contribution < 1.29 is 8.81 Å². The summed E-state index contributed by atoms with van der Waals surface area (Å²) in [6, 6.07) is 51.2. The second-order valence-corrected chi connectivity index (χ2v) is 12.5. The van der Waals surface area contributed by atoms with E-state index >= 15 is 0 Å². The minimum atomic E-state index is -0.226. The van der Waals surface area contributed by atoms with Gasteiger partial charge in [0.25, 0.3) is 0 Å². The van der Waals surface area contributed by atoms with Crippen LogP contribution in [0.1, 0.15) is 28.2 Å². The molecule has 0 N–H and O–H groups in total. The second kappa shape index (κ2) is 10.0. The highest BCUT2D eigenvalue weighted by molar-refractivity contribution is 6.24. The van der Waals surface area contributed by atoms with E-state index in [0.29, 0.717) is 5.56 Å². The topological polar surface area (TPSA) is 41.9 Å². The van der Waals surface area contributed by atoms with Gasteiger partial charge < -0.3 is 8.98 Å². The van der Waals surface area contributed by atoms with Crippen molar-refractivity contribution in [2.45, 2.75) is 5.92 Å². The number of hydrogen-bond acceptors (Lipinski definition) is 2. The molecular weight excluding hydrogens is 591 g/mol. The summed E-state index contributed by atoms with van der Waals surface area (Å²) >= 11 is 0. The Hall–Kier alpha value is -6.44. The lowest BCUT2D eigenvalue weighted by Crippen LogP contribution is -2.02. The number of rotatable bonds is 3. The van der Waals surface area contributed by atoms with Crippen LogP contribution in [-0.2, 0) is 0 Å². The first kappa shape index (κ1) is 26.7. The standard InChI is InChI=1S/C44H25FN2O/c45-29-20-21-34-37(24-29)31-9-1-2-11-33(31)41(34)27-18-16-26(17-19-27)30-13-7-8-28(25-46)43(30)47-38-14-5-3-12-36(38)42-39(47)23-22-35-32-10-4-6-15-40(32)48-44(35)42/h1-24,41H. The molecule has 0 saturated heterocycles. The molecule has 0 bridgehead atoms. The minimum Gasteiger partial charge on any atom is -0.455 e. The second-order valence-electron chi connectivity index (χ2n) is 12.5. The van der Waals surface area contributed by atoms with Crippen molar-refractivity contribution in [3.8, 4) is 34.0 Å². The van der Waals surface area contributed by atoms with Gasteiger partial charge in [-0.05, 0) is 75.8 Å². The Morgan fingerprint density at radius 1 is 0.604 bits per heavy atom. The molecule has 1 atom stereocenters. The summed E-state index contributed by atoms with van der Waals surface area (Å²) in [6.45, 7) is 0. The van der Waals surface area contributed by atoms with Crippen LogP contribution < -0.4 is 0 Å². The zero-order valence-corrected chi connectivity index (χ0v) is 25.6. The van der Waals surface area contributed by atoms with Crippen molar-refractivity contribution in [1.29, 1.82) is 5.26 Å². The maximum absolute atomic E-state index is 14.3. The molecular formula is C44H25FN2O. The van der Waals surface area contributed by atoms with E-state index in [1.54, 1.807) is 12.1 Å². The van der Waals surface area contributed by atoms with Crippen LogP contribution in [0.2, 0.25) is 0 Å². The number of aromatic nitrogens is 1. The number of hydrogen-bond donors (Lipinski definition) is 0. The van der Waals surface area contributed by atoms with Gasteiger partial charge in [0.2, 0.25) is 0 Å². The Kier molecular flexibility index (Phi) is 5.59. The van der Waals surface area contributed by atoms with Crippen LogP contribution in [0.4, 0.5) is 4.39 Å². The lowest BCUT2D eigenvalue weighted by molar-refractivity contribution is 0.628. The van der Waals surface area contributed by atoms with Crippen molar-refractivity contribution >= 4 is 43.7 Å². The smallest absolute Gasteiger partial charge is 0.145 e. The summed E-state index contributed by atoms with van der Waals surface area (Å²) in [7, 11) is 0. The molecule has 4 heteroatoms. The molecule has 224 valence electrons. The first-order valence-electron chi connectivity index (χ1n) is 16.1. The third kappa shape index (κ3) is 3.67. The molecule has 0 spiro atoms. The van der Waals surface area contributed by atoms with Crippen LogP contribution in [-0.4, -0.2) is 4.57 Å². The van der Waals surface area contributed by atoms with Gasteiger partial charge >= 0.3 is 0 Å². The highest BCUT2D eigenvalue weighted by Gasteiger charge is 2.30. The summed E-state index contributed by atoms with van der Waals surface area (Å²) in [5.41, 5.74) is 12.5. The third-order valence-corrected chi connectivity index (χ3v) is 10.0. The fraction of sp³-hybridized carbons (Fsp3) is 0.0227. The SMILES string of the molecule is N#Cc1cccc(-c2ccc(C3c4ccccc4-c4cc(F)ccc43)cc2)c1-n1c2ccccc2c2c3oc4ccccc4c3ccc21. The van der Waals surface area contributed by atoms with E-state index in [-0.39, 0.29) is 11.7 Å². The summed E-state index contributed by atoms with van der Waals surface area (Å²) in [4.78, 5) is 0. The van der Waals surface area contributed by atoms with Gasteiger partial charge in [-0.15, -0.1) is 0 Å². The highest BCUT2D eigenvalue weighted by atomic mass is 19.1. The summed E-state index contributed by atoms with van der Waals surface area (Å²) in [5.74, 6) is -0.213. The van der Waals surface area contributed by atoms with Crippen LogP contribution >= 0.6 is 0 Å². The molecule has 48 heavy (non-hydrogen) atoms. The van der Waals surface area contributed by atoms with E-state index in [1.807, 2.05) is 54.6 Å². The first-order chi connectivity index (χ1) is 23.7. The molecule has 7 aromatic carbocycles. The van der Waals surface area contributed by atoms with Crippen LogP contribution in [0, 0.1) is 17.1 Å². The molecule has 1 aliphatic carbocycles. The Morgan fingerprint density at radius 2 is 1.35 bits per heavy atom. The van der Waals surface area contributed by atoms with E-state index in [4.69, 9.17) is 4.42 Å². The van der Waals surface area contributed by atoms with Crippen LogP contribution in [0.3, 0.4) is 0 Å². The average Bonchev–Trinajstić information content (AvgIpc) is 3.79. The summed E-state index contributed by atoms with van der Waals surface area (Å²) < 4.78 is 23.1. The number of furan rings is 1. The van der Waals surface area contributed by atoms with Crippen molar-refractivity contribution in [1.82, 2.24) is 4.57 Å². The van der Waals surface area contributed by atoms with E-state index in [2.05, 4.69) is 89.5 Å². The predicted octanol–water partition coefficient (Wildman–Crippen LogP) is 11.5. The zero-order chi connectivity index (χ0) is 31.9. The number of halogens is 1. The molecule has 0 radical (unpaired) electrons. The minimum absolute atomic E-state index is 0.0133. The van der Waals surface area contributed by atoms with Gasteiger partial charge in [0, 0.05) is 27.6 Å². The number of fused-ring (bicyclic) bond motifs is 10.